The predicted molar refractivity (Wildman–Crippen MR) is 66.5 cm³/mol. The van der Waals surface area contributed by atoms with E-state index in [1.807, 2.05) is 26.2 Å². The van der Waals surface area contributed by atoms with Crippen LogP contribution in [0.1, 0.15) is 32.9 Å². The lowest BCUT2D eigenvalue weighted by molar-refractivity contribution is 0.240. The molecule has 0 aliphatic rings. The van der Waals surface area contributed by atoms with Gasteiger partial charge in [0.2, 0.25) is 0 Å². The maximum absolute atomic E-state index is 11.6. The summed E-state index contributed by atoms with van der Waals surface area (Å²) in [4.78, 5) is 15.7. The quantitative estimate of drug-likeness (QED) is 0.754. The molecule has 0 bridgehead atoms. The molecule has 1 aromatic rings. The van der Waals surface area contributed by atoms with E-state index in [0.717, 1.165) is 12.1 Å². The number of thiazole rings is 1. The van der Waals surface area contributed by atoms with Crippen LogP contribution in [-0.4, -0.2) is 16.6 Å². The van der Waals surface area contributed by atoms with Crippen LogP contribution in [0.25, 0.3) is 0 Å². The van der Waals surface area contributed by atoms with Crippen LogP contribution < -0.4 is 16.4 Å². The van der Waals surface area contributed by atoms with E-state index in [9.17, 15) is 4.79 Å². The van der Waals surface area contributed by atoms with Gasteiger partial charge in [-0.15, -0.1) is 11.3 Å². The van der Waals surface area contributed by atoms with Crippen LogP contribution in [0.3, 0.4) is 0 Å². The molecule has 16 heavy (non-hydrogen) atoms. The maximum atomic E-state index is 11.6. The van der Waals surface area contributed by atoms with Crippen molar-refractivity contribution in [2.45, 2.75) is 39.3 Å². The van der Waals surface area contributed by atoms with Gasteiger partial charge in [0.25, 0.3) is 0 Å². The Morgan fingerprint density at radius 3 is 2.81 bits per heavy atom. The largest absolute Gasteiger partial charge is 0.333 e. The molecule has 2 amide bonds. The SMILES string of the molecule is CCC(C)(C)NC(=O)Nc1nc(CN)cs1. The Morgan fingerprint density at radius 1 is 1.62 bits per heavy atom. The summed E-state index contributed by atoms with van der Waals surface area (Å²) >= 11 is 1.37. The highest BCUT2D eigenvalue weighted by molar-refractivity contribution is 7.13. The molecule has 0 unspecified atom stereocenters. The zero-order chi connectivity index (χ0) is 12.2. The van der Waals surface area contributed by atoms with E-state index in [0.29, 0.717) is 11.7 Å². The summed E-state index contributed by atoms with van der Waals surface area (Å²) in [5.74, 6) is 0. The molecular formula is C10H18N4OS. The van der Waals surface area contributed by atoms with Crippen LogP contribution in [0, 0.1) is 0 Å². The third-order valence-corrected chi connectivity index (χ3v) is 3.12. The first-order valence-electron chi connectivity index (χ1n) is 5.20. The average Bonchev–Trinajstić information content (AvgIpc) is 2.64. The number of urea groups is 1. The van der Waals surface area contributed by atoms with Crippen LogP contribution in [0.4, 0.5) is 9.93 Å². The fraction of sp³-hybridized carbons (Fsp3) is 0.600. The van der Waals surface area contributed by atoms with Gasteiger partial charge in [-0.05, 0) is 20.3 Å². The van der Waals surface area contributed by atoms with E-state index >= 15 is 0 Å². The normalized spacial score (nSPS) is 11.2. The number of rotatable bonds is 4. The molecule has 0 aliphatic heterocycles. The molecule has 0 aromatic carbocycles. The minimum absolute atomic E-state index is 0.210. The molecule has 0 fully saturated rings. The molecule has 90 valence electrons. The van der Waals surface area contributed by atoms with E-state index in [-0.39, 0.29) is 11.6 Å². The van der Waals surface area contributed by atoms with Gasteiger partial charge in [-0.2, -0.15) is 0 Å². The molecule has 0 spiro atoms. The number of hydrogen-bond donors (Lipinski definition) is 3. The zero-order valence-corrected chi connectivity index (χ0v) is 10.6. The Bertz CT molecular complexity index is 361. The van der Waals surface area contributed by atoms with Crippen molar-refractivity contribution >= 4 is 22.5 Å². The van der Waals surface area contributed by atoms with Gasteiger partial charge in [-0.3, -0.25) is 5.32 Å². The monoisotopic (exact) mass is 242 g/mol. The van der Waals surface area contributed by atoms with Crippen molar-refractivity contribution in [3.63, 3.8) is 0 Å². The van der Waals surface area contributed by atoms with Gasteiger partial charge < -0.3 is 11.1 Å². The molecule has 0 saturated heterocycles. The minimum atomic E-state index is -0.232. The molecule has 0 radical (unpaired) electrons. The van der Waals surface area contributed by atoms with Crippen LogP contribution in [-0.2, 0) is 6.54 Å². The average molecular weight is 242 g/mol. The number of nitrogens with zero attached hydrogens (tertiary/aromatic N) is 1. The first-order valence-corrected chi connectivity index (χ1v) is 6.08. The first-order chi connectivity index (χ1) is 7.46. The molecule has 0 aliphatic carbocycles. The Morgan fingerprint density at radius 2 is 2.31 bits per heavy atom. The fourth-order valence-corrected chi connectivity index (χ4v) is 1.70. The van der Waals surface area contributed by atoms with Crippen LogP contribution in [0.5, 0.6) is 0 Å². The number of anilines is 1. The number of nitrogens with two attached hydrogens (primary N) is 1. The fourth-order valence-electron chi connectivity index (χ4n) is 0.982. The summed E-state index contributed by atoms with van der Waals surface area (Å²) in [6.07, 6.45) is 0.867. The molecule has 1 heterocycles. The number of carbonyl (C=O) groups excluding carboxylic acids is 1. The zero-order valence-electron chi connectivity index (χ0n) is 9.83. The Balaban J connectivity index is 2.51. The second-order valence-electron chi connectivity index (χ2n) is 4.16. The van der Waals surface area contributed by atoms with Gasteiger partial charge >= 0.3 is 6.03 Å². The topological polar surface area (TPSA) is 80.0 Å². The van der Waals surface area contributed by atoms with Crippen molar-refractivity contribution in [1.29, 1.82) is 0 Å². The van der Waals surface area contributed by atoms with Gasteiger partial charge in [0.1, 0.15) is 0 Å². The number of aromatic nitrogens is 1. The number of nitrogens with one attached hydrogen (secondary N) is 2. The van der Waals surface area contributed by atoms with E-state index in [2.05, 4.69) is 15.6 Å². The Kier molecular flexibility index (Phi) is 4.26. The standard InChI is InChI=1S/C10H18N4OS/c1-4-10(2,3)14-8(15)13-9-12-7(5-11)6-16-9/h6H,4-5,11H2,1-3H3,(H2,12,13,14,15). The molecule has 6 heteroatoms. The number of hydrogen-bond acceptors (Lipinski definition) is 4. The summed E-state index contributed by atoms with van der Waals surface area (Å²) < 4.78 is 0. The lowest BCUT2D eigenvalue weighted by atomic mass is 10.0. The lowest BCUT2D eigenvalue weighted by Gasteiger charge is -2.24. The minimum Gasteiger partial charge on any atom is -0.333 e. The smallest absolute Gasteiger partial charge is 0.321 e. The van der Waals surface area contributed by atoms with Crippen molar-refractivity contribution < 1.29 is 4.79 Å². The van der Waals surface area contributed by atoms with Crippen LogP contribution in [0.2, 0.25) is 0 Å². The van der Waals surface area contributed by atoms with E-state index in [1.165, 1.54) is 11.3 Å². The van der Waals surface area contributed by atoms with Crippen LogP contribution in [0.15, 0.2) is 5.38 Å². The molecule has 0 saturated carbocycles. The van der Waals surface area contributed by atoms with Crippen molar-refractivity contribution in [2.75, 3.05) is 5.32 Å². The van der Waals surface area contributed by atoms with Gasteiger partial charge in [0.05, 0.1) is 5.69 Å². The summed E-state index contributed by atoms with van der Waals surface area (Å²) in [6, 6.07) is -0.232. The van der Waals surface area contributed by atoms with E-state index < -0.39 is 0 Å². The highest BCUT2D eigenvalue weighted by Crippen LogP contribution is 2.15. The molecule has 5 nitrogen and oxygen atoms in total. The molecule has 4 N–H and O–H groups in total. The summed E-state index contributed by atoms with van der Waals surface area (Å²) in [5.41, 5.74) is 6.01. The van der Waals surface area contributed by atoms with E-state index in [4.69, 9.17) is 5.73 Å². The van der Waals surface area contributed by atoms with E-state index in [1.54, 1.807) is 0 Å². The summed E-state index contributed by atoms with van der Waals surface area (Å²) in [7, 11) is 0. The van der Waals surface area contributed by atoms with Crippen molar-refractivity contribution in [3.05, 3.63) is 11.1 Å². The summed E-state index contributed by atoms with van der Waals surface area (Å²) in [5, 5.41) is 7.96. The highest BCUT2D eigenvalue weighted by Gasteiger charge is 2.18. The van der Waals surface area contributed by atoms with Gasteiger partial charge in [0.15, 0.2) is 5.13 Å². The molecule has 1 aromatic heterocycles. The first kappa shape index (κ1) is 12.9. The van der Waals surface area contributed by atoms with Gasteiger partial charge in [0, 0.05) is 17.5 Å². The van der Waals surface area contributed by atoms with Gasteiger partial charge in [-0.1, -0.05) is 6.92 Å². The number of carbonyl (C=O) groups is 1. The number of amides is 2. The Hall–Kier alpha value is -1.14. The second kappa shape index (κ2) is 5.27. The third-order valence-electron chi connectivity index (χ3n) is 2.32. The lowest BCUT2D eigenvalue weighted by Crippen LogP contribution is -2.45. The molecule has 1 rings (SSSR count). The van der Waals surface area contributed by atoms with Crippen molar-refractivity contribution in [1.82, 2.24) is 10.3 Å². The highest BCUT2D eigenvalue weighted by atomic mass is 32.1. The van der Waals surface area contributed by atoms with Gasteiger partial charge in [-0.25, -0.2) is 9.78 Å². The molecular weight excluding hydrogens is 224 g/mol. The second-order valence-corrected chi connectivity index (χ2v) is 5.02. The maximum Gasteiger partial charge on any atom is 0.321 e. The van der Waals surface area contributed by atoms with Crippen LogP contribution >= 0.6 is 11.3 Å². The predicted octanol–water partition coefficient (Wildman–Crippen LogP) is 1.91. The van der Waals surface area contributed by atoms with Crippen molar-refractivity contribution in [2.24, 2.45) is 5.73 Å². The Labute approximate surface area is 99.4 Å². The van der Waals surface area contributed by atoms with Crippen molar-refractivity contribution in [3.8, 4) is 0 Å². The third kappa shape index (κ3) is 3.79. The summed E-state index contributed by atoms with van der Waals surface area (Å²) in [6.45, 7) is 6.36. The molecule has 0 atom stereocenters.